The normalized spacial score (nSPS) is 23.5. The maximum Gasteiger partial charge on any atom is 0.249 e. The number of ether oxygens (including phenoxy) is 1. The smallest absolute Gasteiger partial charge is 0.249 e. The summed E-state index contributed by atoms with van der Waals surface area (Å²) >= 11 is 0. The minimum atomic E-state index is -3.44. The Morgan fingerprint density at radius 1 is 1.09 bits per heavy atom. The molecule has 2 aromatic heterocycles. The lowest BCUT2D eigenvalue weighted by Gasteiger charge is -2.28. The van der Waals surface area contributed by atoms with Crippen molar-refractivity contribution in [2.75, 3.05) is 32.1 Å². The van der Waals surface area contributed by atoms with E-state index in [1.54, 1.807) is 6.92 Å². The first-order valence-electron chi connectivity index (χ1n) is 12.7. The number of hydrogen-bond acceptors (Lipinski definition) is 8. The molecule has 186 valence electrons. The Morgan fingerprint density at radius 3 is 2.47 bits per heavy atom. The molecule has 9 heteroatoms. The van der Waals surface area contributed by atoms with E-state index < -0.39 is 9.84 Å². The van der Waals surface area contributed by atoms with E-state index in [1.165, 1.54) is 0 Å². The zero-order valence-corrected chi connectivity index (χ0v) is 21.3. The topological polar surface area (TPSA) is 107 Å². The van der Waals surface area contributed by atoms with E-state index in [0.717, 1.165) is 87.3 Å². The third-order valence-corrected chi connectivity index (χ3v) is 9.62. The highest BCUT2D eigenvalue weighted by molar-refractivity contribution is 7.91. The van der Waals surface area contributed by atoms with Gasteiger partial charge in [-0.3, -0.25) is 4.98 Å². The summed E-state index contributed by atoms with van der Waals surface area (Å²) in [5.41, 5.74) is 3.36. The van der Waals surface area contributed by atoms with Crippen LogP contribution in [-0.4, -0.2) is 55.7 Å². The molecule has 2 aromatic rings. The van der Waals surface area contributed by atoms with Crippen molar-refractivity contribution in [1.82, 2.24) is 20.5 Å². The van der Waals surface area contributed by atoms with Crippen LogP contribution in [0.5, 0.6) is 0 Å². The van der Waals surface area contributed by atoms with Crippen molar-refractivity contribution in [1.29, 1.82) is 0 Å². The van der Waals surface area contributed by atoms with Gasteiger partial charge in [-0.2, -0.15) is 0 Å². The lowest BCUT2D eigenvalue weighted by atomic mass is 9.83. The van der Waals surface area contributed by atoms with Gasteiger partial charge in [-0.25, -0.2) is 8.42 Å². The van der Waals surface area contributed by atoms with Crippen LogP contribution in [0.2, 0.25) is 0 Å². The maximum absolute atomic E-state index is 13.6. The quantitative estimate of drug-likeness (QED) is 0.654. The van der Waals surface area contributed by atoms with Crippen molar-refractivity contribution in [3.05, 3.63) is 22.8 Å². The Labute approximate surface area is 202 Å². The van der Waals surface area contributed by atoms with Gasteiger partial charge in [-0.15, -0.1) is 10.2 Å². The molecular formula is C25H36N4O4S. The highest BCUT2D eigenvalue weighted by Gasteiger charge is 2.44. The zero-order valence-electron chi connectivity index (χ0n) is 20.5. The van der Waals surface area contributed by atoms with Crippen LogP contribution in [0.25, 0.3) is 11.5 Å². The Hall–Kier alpha value is -1.84. The molecule has 8 nitrogen and oxygen atoms in total. The second-order valence-corrected chi connectivity index (χ2v) is 12.4. The summed E-state index contributed by atoms with van der Waals surface area (Å²) in [6.07, 6.45) is 5.67. The van der Waals surface area contributed by atoms with Crippen molar-refractivity contribution in [2.24, 2.45) is 11.8 Å². The average molecular weight is 489 g/mol. The summed E-state index contributed by atoms with van der Waals surface area (Å²) < 4.78 is 38.7. The molecular weight excluding hydrogens is 452 g/mol. The monoisotopic (exact) mass is 488 g/mol. The number of aryl methyl sites for hydroxylation is 2. The van der Waals surface area contributed by atoms with Gasteiger partial charge < -0.3 is 14.5 Å². The van der Waals surface area contributed by atoms with Gasteiger partial charge in [0.25, 0.3) is 0 Å². The molecule has 2 fully saturated rings. The van der Waals surface area contributed by atoms with Crippen molar-refractivity contribution in [3.8, 4) is 11.5 Å². The first kappa shape index (κ1) is 23.9. The van der Waals surface area contributed by atoms with E-state index >= 15 is 0 Å². The first-order valence-corrected chi connectivity index (χ1v) is 14.4. The van der Waals surface area contributed by atoms with Gasteiger partial charge in [0.15, 0.2) is 9.84 Å². The number of hydrogen-bond donors (Lipinski definition) is 1. The Balaban J connectivity index is 1.70. The molecule has 0 radical (unpaired) electrons. The van der Waals surface area contributed by atoms with E-state index in [2.05, 4.69) is 29.4 Å². The van der Waals surface area contributed by atoms with Crippen LogP contribution in [0.1, 0.15) is 80.6 Å². The van der Waals surface area contributed by atoms with Crippen LogP contribution >= 0.6 is 0 Å². The van der Waals surface area contributed by atoms with Crippen molar-refractivity contribution >= 4 is 9.84 Å². The number of nitrogens with zero attached hydrogens (tertiary/aromatic N) is 3. The van der Waals surface area contributed by atoms with Crippen molar-refractivity contribution in [2.45, 2.75) is 76.0 Å². The molecule has 5 heterocycles. The minimum Gasteiger partial charge on any atom is -0.421 e. The zero-order chi connectivity index (χ0) is 23.9. The van der Waals surface area contributed by atoms with Crippen LogP contribution < -0.4 is 5.32 Å². The molecule has 3 aliphatic rings. The molecule has 0 bridgehead atoms. The fourth-order valence-electron chi connectivity index (χ4n) is 5.84. The molecule has 0 saturated carbocycles. The Bertz CT molecular complexity index is 1130. The van der Waals surface area contributed by atoms with Gasteiger partial charge >= 0.3 is 0 Å². The number of nitrogens with one attached hydrogen (secondary N) is 1. The molecule has 5 rings (SSSR count). The van der Waals surface area contributed by atoms with Crippen LogP contribution in [0.3, 0.4) is 0 Å². The molecule has 34 heavy (non-hydrogen) atoms. The van der Waals surface area contributed by atoms with Gasteiger partial charge in [-0.05, 0) is 74.9 Å². The van der Waals surface area contributed by atoms with Gasteiger partial charge in [-0.1, -0.05) is 13.8 Å². The number of sulfone groups is 1. The van der Waals surface area contributed by atoms with E-state index in [4.69, 9.17) is 14.1 Å². The van der Waals surface area contributed by atoms with Gasteiger partial charge in [0.2, 0.25) is 11.8 Å². The lowest BCUT2D eigenvalue weighted by molar-refractivity contribution is 0.0639. The fraction of sp³-hybridized carbons (Fsp3) is 0.720. The highest BCUT2D eigenvalue weighted by Crippen LogP contribution is 2.48. The van der Waals surface area contributed by atoms with Crippen LogP contribution in [0, 0.1) is 18.8 Å². The maximum atomic E-state index is 13.6. The summed E-state index contributed by atoms with van der Waals surface area (Å²) in [5.74, 6) is 1.86. The number of piperidine rings is 1. The standard InChI is InChI=1S/C25H36N4O4S/c1-15(2)19-14-34(30,31)24-21(18-6-10-26-11-7-18)22(25-29-28-16(3)33-25)20(27-23(19)24)5-4-17-8-12-32-13-9-17/h15,17-19,26H,4-14H2,1-3H3. The van der Waals surface area contributed by atoms with Gasteiger partial charge in [0, 0.05) is 26.1 Å². The average Bonchev–Trinajstić information content (AvgIpc) is 3.38. The van der Waals surface area contributed by atoms with Gasteiger partial charge in [0.1, 0.15) is 0 Å². The number of aromatic nitrogens is 3. The Morgan fingerprint density at radius 2 is 1.82 bits per heavy atom. The molecule has 0 amide bonds. The van der Waals surface area contributed by atoms with Crippen molar-refractivity contribution in [3.63, 3.8) is 0 Å². The van der Waals surface area contributed by atoms with Crippen LogP contribution in [0.15, 0.2) is 9.31 Å². The summed E-state index contributed by atoms with van der Waals surface area (Å²) in [6, 6.07) is 0. The van der Waals surface area contributed by atoms with Crippen LogP contribution in [0.4, 0.5) is 0 Å². The molecule has 0 aromatic carbocycles. The third-order valence-electron chi connectivity index (χ3n) is 7.77. The van der Waals surface area contributed by atoms with E-state index in [-0.39, 0.29) is 23.5 Å². The molecule has 1 N–H and O–H groups in total. The molecule has 3 aliphatic heterocycles. The third kappa shape index (κ3) is 4.54. The molecule has 0 spiro atoms. The van der Waals surface area contributed by atoms with Gasteiger partial charge in [0.05, 0.1) is 27.6 Å². The number of fused-ring (bicyclic) bond motifs is 1. The predicted molar refractivity (Wildman–Crippen MR) is 129 cm³/mol. The van der Waals surface area contributed by atoms with Crippen molar-refractivity contribution < 1.29 is 17.6 Å². The predicted octanol–water partition coefficient (Wildman–Crippen LogP) is 3.79. The van der Waals surface area contributed by atoms with E-state index in [0.29, 0.717) is 22.6 Å². The minimum absolute atomic E-state index is 0.0826. The second-order valence-electron chi connectivity index (χ2n) is 10.4. The summed E-state index contributed by atoms with van der Waals surface area (Å²) in [5, 5.41) is 11.9. The van der Waals surface area contributed by atoms with Crippen LogP contribution in [-0.2, 0) is 21.0 Å². The molecule has 0 aliphatic carbocycles. The summed E-state index contributed by atoms with van der Waals surface area (Å²) in [6.45, 7) is 9.33. The molecule has 1 atom stereocenters. The largest absolute Gasteiger partial charge is 0.421 e. The molecule has 1 unspecified atom stereocenters. The highest BCUT2D eigenvalue weighted by atomic mass is 32.2. The first-order chi connectivity index (χ1) is 16.3. The summed E-state index contributed by atoms with van der Waals surface area (Å²) in [7, 11) is -3.44. The Kier molecular flexibility index (Phi) is 6.79. The van der Waals surface area contributed by atoms with E-state index in [9.17, 15) is 8.42 Å². The van der Waals surface area contributed by atoms with E-state index in [1.807, 2.05) is 0 Å². The second kappa shape index (κ2) is 9.66. The lowest BCUT2D eigenvalue weighted by Crippen LogP contribution is -2.28. The number of rotatable bonds is 6. The SMILES string of the molecule is Cc1nnc(-c2c(CCC3CCOCC3)nc3c(c2C2CCNCC2)S(=O)(=O)CC3C(C)C)o1. The molecule has 2 saturated heterocycles. The summed E-state index contributed by atoms with van der Waals surface area (Å²) in [4.78, 5) is 5.58. The fourth-order valence-corrected chi connectivity index (χ4v) is 8.14. The number of pyridine rings is 1.